The molecule has 7 heteroatoms. The number of hydrogen-bond donors (Lipinski definition) is 3. The highest BCUT2D eigenvalue weighted by molar-refractivity contribution is 6.35. The molecule has 0 unspecified atom stereocenters. The molecule has 3 N–H and O–H groups in total. The van der Waals surface area contributed by atoms with Gasteiger partial charge < -0.3 is 15.7 Å². The van der Waals surface area contributed by atoms with Gasteiger partial charge in [0.1, 0.15) is 6.17 Å². The SMILES string of the molecule is CC(C)(C)[C@H](O)C[C@@]1(CNC(=O)c2cc(Cl)cc(Cl)c2)CCNC[C@H]1F. The zero-order chi connectivity index (χ0) is 19.5. The van der Waals surface area contributed by atoms with Crippen molar-refractivity contribution in [3.8, 4) is 0 Å². The second kappa shape index (κ2) is 8.42. The number of benzene rings is 1. The number of hydrogen-bond acceptors (Lipinski definition) is 3. The van der Waals surface area contributed by atoms with Gasteiger partial charge in [-0.1, -0.05) is 44.0 Å². The summed E-state index contributed by atoms with van der Waals surface area (Å²) < 4.78 is 14.9. The van der Waals surface area contributed by atoms with Crippen molar-refractivity contribution >= 4 is 29.1 Å². The minimum Gasteiger partial charge on any atom is -0.393 e. The lowest BCUT2D eigenvalue weighted by molar-refractivity contribution is -0.0277. The second-order valence-corrected chi connectivity index (χ2v) is 9.08. The van der Waals surface area contributed by atoms with Crippen LogP contribution in [-0.2, 0) is 0 Å². The molecule has 1 aromatic rings. The van der Waals surface area contributed by atoms with Crippen molar-refractivity contribution in [3.05, 3.63) is 33.8 Å². The van der Waals surface area contributed by atoms with E-state index < -0.39 is 17.7 Å². The Kier molecular flexibility index (Phi) is 6.94. The van der Waals surface area contributed by atoms with E-state index in [1.54, 1.807) is 6.07 Å². The summed E-state index contributed by atoms with van der Waals surface area (Å²) in [7, 11) is 0. The summed E-state index contributed by atoms with van der Waals surface area (Å²) in [5.74, 6) is -0.357. The molecular formula is C19H27Cl2FN2O2. The third-order valence-corrected chi connectivity index (χ3v) is 5.55. The van der Waals surface area contributed by atoms with Gasteiger partial charge in [-0.15, -0.1) is 0 Å². The predicted molar refractivity (Wildman–Crippen MR) is 104 cm³/mol. The van der Waals surface area contributed by atoms with Crippen LogP contribution in [0.3, 0.4) is 0 Å². The molecule has 0 aliphatic carbocycles. The van der Waals surface area contributed by atoms with E-state index in [9.17, 15) is 14.3 Å². The van der Waals surface area contributed by atoms with Gasteiger partial charge in [0.25, 0.3) is 5.91 Å². The largest absolute Gasteiger partial charge is 0.393 e. The van der Waals surface area contributed by atoms with Crippen LogP contribution in [0.4, 0.5) is 4.39 Å². The first-order chi connectivity index (χ1) is 12.0. The van der Waals surface area contributed by atoms with Crippen molar-refractivity contribution in [1.82, 2.24) is 10.6 Å². The molecule has 0 bridgehead atoms. The van der Waals surface area contributed by atoms with Gasteiger partial charge in [-0.3, -0.25) is 4.79 Å². The highest BCUT2D eigenvalue weighted by Crippen LogP contribution is 2.39. The van der Waals surface area contributed by atoms with Crippen LogP contribution in [-0.4, -0.2) is 42.9 Å². The van der Waals surface area contributed by atoms with Crippen molar-refractivity contribution in [3.63, 3.8) is 0 Å². The Morgan fingerprint density at radius 3 is 2.54 bits per heavy atom. The van der Waals surface area contributed by atoms with Gasteiger partial charge in [0, 0.05) is 34.1 Å². The lowest BCUT2D eigenvalue weighted by Gasteiger charge is -2.44. The van der Waals surface area contributed by atoms with Crippen LogP contribution < -0.4 is 10.6 Å². The Hall–Kier alpha value is -0.880. The number of aliphatic hydroxyl groups excluding tert-OH is 1. The van der Waals surface area contributed by atoms with Crippen molar-refractivity contribution in [1.29, 1.82) is 0 Å². The minimum absolute atomic E-state index is 0.145. The fourth-order valence-corrected chi connectivity index (χ4v) is 3.70. The lowest BCUT2D eigenvalue weighted by atomic mass is 9.69. The molecule has 1 aliphatic rings. The number of rotatable bonds is 5. The van der Waals surface area contributed by atoms with Crippen LogP contribution in [0.1, 0.15) is 44.0 Å². The quantitative estimate of drug-likeness (QED) is 0.698. The van der Waals surface area contributed by atoms with E-state index in [4.69, 9.17) is 23.2 Å². The van der Waals surface area contributed by atoms with Crippen LogP contribution in [0.25, 0.3) is 0 Å². The van der Waals surface area contributed by atoms with Gasteiger partial charge in [0.2, 0.25) is 0 Å². The Balaban J connectivity index is 2.15. The Morgan fingerprint density at radius 2 is 2.00 bits per heavy atom. The Morgan fingerprint density at radius 1 is 1.38 bits per heavy atom. The summed E-state index contributed by atoms with van der Waals surface area (Å²) in [6.45, 7) is 6.78. The number of carbonyl (C=O) groups excluding carboxylic acids is 1. The number of alkyl halides is 1. The first kappa shape index (κ1) is 21.4. The zero-order valence-corrected chi connectivity index (χ0v) is 16.9. The highest BCUT2D eigenvalue weighted by Gasteiger charge is 2.44. The van der Waals surface area contributed by atoms with E-state index in [0.29, 0.717) is 28.6 Å². The van der Waals surface area contributed by atoms with Gasteiger partial charge in [-0.25, -0.2) is 4.39 Å². The molecule has 146 valence electrons. The second-order valence-electron chi connectivity index (χ2n) is 8.21. The normalized spacial score (nSPS) is 25.0. The Labute approximate surface area is 164 Å². The maximum Gasteiger partial charge on any atom is 0.251 e. The Bertz CT molecular complexity index is 631. The number of nitrogens with one attached hydrogen (secondary N) is 2. The monoisotopic (exact) mass is 404 g/mol. The zero-order valence-electron chi connectivity index (χ0n) is 15.4. The summed E-state index contributed by atoms with van der Waals surface area (Å²) in [6, 6.07) is 4.59. The molecule has 1 aromatic carbocycles. The molecule has 2 rings (SSSR count). The molecule has 1 saturated heterocycles. The number of amides is 1. The standard InChI is InChI=1S/C19H27Cl2FN2O2/c1-18(2,3)16(25)9-19(4-5-23-10-15(19)22)11-24-17(26)12-6-13(20)8-14(21)7-12/h6-8,15-16,23,25H,4-5,9-11H2,1-3H3,(H,24,26)/t15-,16-,19-/m1/s1. The molecule has 0 radical (unpaired) electrons. The maximum atomic E-state index is 14.9. The first-order valence-corrected chi connectivity index (χ1v) is 9.56. The van der Waals surface area contributed by atoms with Crippen molar-refractivity contribution in [2.24, 2.45) is 10.8 Å². The highest BCUT2D eigenvalue weighted by atomic mass is 35.5. The van der Waals surface area contributed by atoms with E-state index in [1.807, 2.05) is 20.8 Å². The van der Waals surface area contributed by atoms with Gasteiger partial charge >= 0.3 is 0 Å². The fourth-order valence-electron chi connectivity index (χ4n) is 3.18. The summed E-state index contributed by atoms with van der Waals surface area (Å²) >= 11 is 11.9. The molecule has 1 amide bonds. The molecule has 0 aromatic heterocycles. The predicted octanol–water partition coefficient (Wildman–Crippen LogP) is 3.84. The molecule has 0 saturated carbocycles. The minimum atomic E-state index is -1.16. The van der Waals surface area contributed by atoms with E-state index in [-0.39, 0.29) is 30.8 Å². The molecule has 1 heterocycles. The number of piperidine rings is 1. The lowest BCUT2D eigenvalue weighted by Crippen LogP contribution is -2.54. The summed E-state index contributed by atoms with van der Waals surface area (Å²) in [5, 5.41) is 17.1. The number of halogens is 3. The van der Waals surface area contributed by atoms with Gasteiger partial charge in [0.15, 0.2) is 0 Å². The smallest absolute Gasteiger partial charge is 0.251 e. The summed E-state index contributed by atoms with van der Waals surface area (Å²) in [5.41, 5.74) is -0.837. The molecule has 4 nitrogen and oxygen atoms in total. The van der Waals surface area contributed by atoms with Crippen LogP contribution in [0.2, 0.25) is 10.0 Å². The molecular weight excluding hydrogens is 378 g/mol. The molecule has 26 heavy (non-hydrogen) atoms. The van der Waals surface area contributed by atoms with Crippen LogP contribution >= 0.6 is 23.2 Å². The average Bonchev–Trinajstić information content (AvgIpc) is 2.53. The summed E-state index contributed by atoms with van der Waals surface area (Å²) in [4.78, 5) is 12.5. The van der Waals surface area contributed by atoms with Crippen LogP contribution in [0.5, 0.6) is 0 Å². The van der Waals surface area contributed by atoms with Crippen molar-refractivity contribution in [2.75, 3.05) is 19.6 Å². The van der Waals surface area contributed by atoms with E-state index in [0.717, 1.165) is 0 Å². The van der Waals surface area contributed by atoms with E-state index in [1.165, 1.54) is 12.1 Å². The third kappa shape index (κ3) is 5.32. The summed E-state index contributed by atoms with van der Waals surface area (Å²) in [6.07, 6.45) is -0.999. The average molecular weight is 405 g/mol. The maximum absolute atomic E-state index is 14.9. The van der Waals surface area contributed by atoms with Crippen LogP contribution in [0.15, 0.2) is 18.2 Å². The third-order valence-electron chi connectivity index (χ3n) is 5.11. The molecule has 0 spiro atoms. The number of aliphatic hydroxyl groups is 1. The number of carbonyl (C=O) groups is 1. The van der Waals surface area contributed by atoms with E-state index in [2.05, 4.69) is 10.6 Å². The van der Waals surface area contributed by atoms with Crippen molar-refractivity contribution in [2.45, 2.75) is 45.9 Å². The van der Waals surface area contributed by atoms with Crippen molar-refractivity contribution < 1.29 is 14.3 Å². The van der Waals surface area contributed by atoms with Gasteiger partial charge in [-0.2, -0.15) is 0 Å². The van der Waals surface area contributed by atoms with Crippen LogP contribution in [0, 0.1) is 10.8 Å². The molecule has 1 aliphatic heterocycles. The van der Waals surface area contributed by atoms with Gasteiger partial charge in [0.05, 0.1) is 6.10 Å². The van der Waals surface area contributed by atoms with Gasteiger partial charge in [-0.05, 0) is 43.0 Å². The van der Waals surface area contributed by atoms with E-state index >= 15 is 0 Å². The molecule has 3 atom stereocenters. The first-order valence-electron chi connectivity index (χ1n) is 8.81. The topological polar surface area (TPSA) is 61.4 Å². The molecule has 1 fully saturated rings. The fraction of sp³-hybridized carbons (Fsp3) is 0.632.